The molecule has 27 heavy (non-hydrogen) atoms. The lowest BCUT2D eigenvalue weighted by Gasteiger charge is -2.14. The van der Waals surface area contributed by atoms with Gasteiger partial charge in [0, 0.05) is 36.1 Å². The molecule has 2 aromatic carbocycles. The molecule has 5 heteroatoms. The molecule has 0 spiro atoms. The monoisotopic (exact) mass is 359 g/mol. The van der Waals surface area contributed by atoms with Gasteiger partial charge in [-0.2, -0.15) is 0 Å². The average Bonchev–Trinajstić information content (AvgIpc) is 3.26. The summed E-state index contributed by atoms with van der Waals surface area (Å²) in [5, 5.41) is 11.8. The number of aliphatic hydroxyl groups excluding tert-OH is 1. The topological polar surface area (TPSA) is 72.1 Å². The van der Waals surface area contributed by atoms with E-state index in [0.29, 0.717) is 5.56 Å². The standard InChI is InChI=1S/C22H21N3O2/c26-17-7-8-25(13-17)12-14-5-6-20-16(9-14)11-21(23-20)18-10-15-3-1-2-4-19(15)24-22(18)27/h1-6,9-11,17,23,26H,7-8,12-13H2,(H,24,27). The largest absolute Gasteiger partial charge is 0.392 e. The van der Waals surface area contributed by atoms with Gasteiger partial charge in [0.15, 0.2) is 0 Å². The van der Waals surface area contributed by atoms with Gasteiger partial charge in [-0.15, -0.1) is 0 Å². The first-order chi connectivity index (χ1) is 13.2. The summed E-state index contributed by atoms with van der Waals surface area (Å²) in [4.78, 5) is 21.1. The lowest BCUT2D eigenvalue weighted by Crippen LogP contribution is -2.21. The van der Waals surface area contributed by atoms with E-state index in [0.717, 1.165) is 53.6 Å². The predicted molar refractivity (Wildman–Crippen MR) is 108 cm³/mol. The van der Waals surface area contributed by atoms with Crippen molar-refractivity contribution in [2.24, 2.45) is 0 Å². The van der Waals surface area contributed by atoms with Crippen LogP contribution in [0.15, 0.2) is 59.4 Å². The van der Waals surface area contributed by atoms with Crippen LogP contribution in [0.2, 0.25) is 0 Å². The fourth-order valence-corrected chi connectivity index (χ4v) is 3.99. The van der Waals surface area contributed by atoms with Gasteiger partial charge in [-0.3, -0.25) is 9.69 Å². The summed E-state index contributed by atoms with van der Waals surface area (Å²) < 4.78 is 0. The van der Waals surface area contributed by atoms with E-state index in [9.17, 15) is 9.90 Å². The number of hydrogen-bond donors (Lipinski definition) is 3. The summed E-state index contributed by atoms with van der Waals surface area (Å²) >= 11 is 0. The number of nitrogens with one attached hydrogen (secondary N) is 2. The quantitative estimate of drug-likeness (QED) is 0.526. The molecule has 0 saturated carbocycles. The molecular weight excluding hydrogens is 338 g/mol. The van der Waals surface area contributed by atoms with Crippen molar-refractivity contribution in [2.75, 3.05) is 13.1 Å². The summed E-state index contributed by atoms with van der Waals surface area (Å²) in [5.74, 6) is 0. The minimum Gasteiger partial charge on any atom is -0.392 e. The van der Waals surface area contributed by atoms with Gasteiger partial charge in [-0.05, 0) is 47.7 Å². The van der Waals surface area contributed by atoms with Gasteiger partial charge in [0.05, 0.1) is 17.4 Å². The lowest BCUT2D eigenvalue weighted by molar-refractivity contribution is 0.175. The van der Waals surface area contributed by atoms with Crippen LogP contribution in [0.5, 0.6) is 0 Å². The Bertz CT molecular complexity index is 1190. The molecule has 0 amide bonds. The maximum absolute atomic E-state index is 12.5. The van der Waals surface area contributed by atoms with Crippen molar-refractivity contribution in [3.8, 4) is 11.3 Å². The van der Waals surface area contributed by atoms with Crippen LogP contribution >= 0.6 is 0 Å². The van der Waals surface area contributed by atoms with Gasteiger partial charge in [-0.25, -0.2) is 0 Å². The second-order valence-corrected chi connectivity index (χ2v) is 7.38. The number of benzene rings is 2. The molecule has 1 aliphatic heterocycles. The molecular formula is C22H21N3O2. The number of likely N-dealkylation sites (tertiary alicyclic amines) is 1. The number of fused-ring (bicyclic) bond motifs is 2. The van der Waals surface area contributed by atoms with Crippen LogP contribution in [0, 0.1) is 0 Å². The third kappa shape index (κ3) is 3.05. The minimum atomic E-state index is -0.202. The zero-order valence-corrected chi connectivity index (χ0v) is 14.9. The third-order valence-corrected chi connectivity index (χ3v) is 5.38. The van der Waals surface area contributed by atoms with Gasteiger partial charge in [-0.1, -0.05) is 24.3 Å². The Morgan fingerprint density at radius 1 is 1.00 bits per heavy atom. The van der Waals surface area contributed by atoms with Gasteiger partial charge in [0.2, 0.25) is 0 Å². The van der Waals surface area contributed by atoms with Crippen LogP contribution < -0.4 is 5.56 Å². The molecule has 136 valence electrons. The number of nitrogens with zero attached hydrogens (tertiary/aromatic N) is 1. The number of aromatic nitrogens is 2. The second-order valence-electron chi connectivity index (χ2n) is 7.38. The molecule has 5 nitrogen and oxygen atoms in total. The van der Waals surface area contributed by atoms with Crippen LogP contribution in [-0.2, 0) is 6.54 Å². The first-order valence-corrected chi connectivity index (χ1v) is 9.30. The fourth-order valence-electron chi connectivity index (χ4n) is 3.99. The van der Waals surface area contributed by atoms with Crippen molar-refractivity contribution in [1.29, 1.82) is 0 Å². The number of β-amino-alcohol motifs (C(OH)–C–C–N with tert-alkyl or cyclic N) is 1. The van der Waals surface area contributed by atoms with E-state index in [1.807, 2.05) is 36.4 Å². The first-order valence-electron chi connectivity index (χ1n) is 9.30. The maximum atomic E-state index is 12.5. The van der Waals surface area contributed by atoms with E-state index in [-0.39, 0.29) is 11.7 Å². The zero-order chi connectivity index (χ0) is 18.4. The number of pyridine rings is 1. The van der Waals surface area contributed by atoms with E-state index in [4.69, 9.17) is 0 Å². The van der Waals surface area contributed by atoms with Crippen LogP contribution in [-0.4, -0.2) is 39.2 Å². The van der Waals surface area contributed by atoms with Crippen molar-refractivity contribution < 1.29 is 5.11 Å². The van der Waals surface area contributed by atoms with Crippen LogP contribution in [0.25, 0.3) is 33.1 Å². The van der Waals surface area contributed by atoms with Crippen molar-refractivity contribution in [3.63, 3.8) is 0 Å². The summed E-state index contributed by atoms with van der Waals surface area (Å²) in [7, 11) is 0. The highest BCUT2D eigenvalue weighted by atomic mass is 16.3. The van der Waals surface area contributed by atoms with E-state index < -0.39 is 0 Å². The molecule has 1 aliphatic rings. The summed E-state index contributed by atoms with van der Waals surface area (Å²) in [6.07, 6.45) is 0.647. The van der Waals surface area contributed by atoms with Crippen molar-refractivity contribution >= 4 is 21.8 Å². The Hall–Kier alpha value is -2.89. The molecule has 1 atom stereocenters. The maximum Gasteiger partial charge on any atom is 0.257 e. The van der Waals surface area contributed by atoms with E-state index in [1.165, 1.54) is 5.56 Å². The number of hydrogen-bond acceptors (Lipinski definition) is 3. The molecule has 3 heterocycles. The SMILES string of the molecule is O=c1[nH]c2ccccc2cc1-c1cc2cc(CN3CCC(O)C3)ccc2[nH]1. The smallest absolute Gasteiger partial charge is 0.257 e. The summed E-state index contributed by atoms with van der Waals surface area (Å²) in [5.41, 5.74) is 4.46. The number of aromatic amines is 2. The number of rotatable bonds is 3. The molecule has 1 saturated heterocycles. The van der Waals surface area contributed by atoms with E-state index >= 15 is 0 Å². The molecule has 2 aromatic heterocycles. The van der Waals surface area contributed by atoms with Crippen LogP contribution in [0.3, 0.4) is 0 Å². The Morgan fingerprint density at radius 3 is 2.70 bits per heavy atom. The molecule has 5 rings (SSSR count). The highest BCUT2D eigenvalue weighted by molar-refractivity contribution is 5.89. The average molecular weight is 359 g/mol. The zero-order valence-electron chi connectivity index (χ0n) is 14.9. The van der Waals surface area contributed by atoms with Gasteiger partial charge in [0.1, 0.15) is 0 Å². The molecule has 3 N–H and O–H groups in total. The summed E-state index contributed by atoms with van der Waals surface area (Å²) in [6.45, 7) is 2.51. The molecule has 1 unspecified atom stereocenters. The second kappa shape index (κ2) is 6.37. The Morgan fingerprint density at radius 2 is 1.85 bits per heavy atom. The van der Waals surface area contributed by atoms with Gasteiger partial charge >= 0.3 is 0 Å². The molecule has 1 fully saturated rings. The van der Waals surface area contributed by atoms with E-state index in [2.05, 4.69) is 33.1 Å². The minimum absolute atomic E-state index is 0.0912. The highest BCUT2D eigenvalue weighted by Gasteiger charge is 2.20. The van der Waals surface area contributed by atoms with Crippen molar-refractivity contribution in [2.45, 2.75) is 19.1 Å². The first kappa shape index (κ1) is 16.3. The summed E-state index contributed by atoms with van der Waals surface area (Å²) in [6, 6.07) is 18.1. The molecule has 0 bridgehead atoms. The number of aliphatic hydroxyl groups is 1. The fraction of sp³-hybridized carbons (Fsp3) is 0.227. The van der Waals surface area contributed by atoms with Crippen molar-refractivity contribution in [1.82, 2.24) is 14.9 Å². The third-order valence-electron chi connectivity index (χ3n) is 5.38. The number of para-hydroxylation sites is 1. The van der Waals surface area contributed by atoms with E-state index in [1.54, 1.807) is 0 Å². The molecule has 4 aromatic rings. The Labute approximate surface area is 156 Å². The van der Waals surface area contributed by atoms with Crippen LogP contribution in [0.1, 0.15) is 12.0 Å². The van der Waals surface area contributed by atoms with Crippen molar-refractivity contribution in [3.05, 3.63) is 70.5 Å². The molecule has 0 aliphatic carbocycles. The highest BCUT2D eigenvalue weighted by Crippen LogP contribution is 2.25. The molecule has 0 radical (unpaired) electrons. The normalized spacial score (nSPS) is 17.9. The number of H-pyrrole nitrogens is 2. The predicted octanol–water partition coefficient (Wildman–Crippen LogP) is 3.24. The van der Waals surface area contributed by atoms with Gasteiger partial charge < -0.3 is 15.1 Å². The Balaban J connectivity index is 1.51. The van der Waals surface area contributed by atoms with Crippen LogP contribution in [0.4, 0.5) is 0 Å². The lowest BCUT2D eigenvalue weighted by atomic mass is 10.1. The Kier molecular flexibility index (Phi) is 3.85. The van der Waals surface area contributed by atoms with Gasteiger partial charge in [0.25, 0.3) is 5.56 Å².